The van der Waals surface area contributed by atoms with Gasteiger partial charge in [-0.15, -0.1) is 0 Å². The van der Waals surface area contributed by atoms with Gasteiger partial charge in [0.15, 0.2) is 0 Å². The van der Waals surface area contributed by atoms with E-state index in [1.54, 1.807) is 43.7 Å². The number of methoxy groups -OCH3 is 1. The van der Waals surface area contributed by atoms with Crippen molar-refractivity contribution in [2.24, 2.45) is 5.10 Å². The third-order valence-corrected chi connectivity index (χ3v) is 4.84. The molecular weight excluding hydrogens is 364 g/mol. The molecular formula is C21H17ClN2O3. The fourth-order valence-corrected chi connectivity index (χ4v) is 3.37. The number of hydrogen-bond donors (Lipinski definition) is 0. The number of benzene rings is 2. The van der Waals surface area contributed by atoms with Crippen molar-refractivity contribution in [3.05, 3.63) is 88.8 Å². The second-order valence-electron chi connectivity index (χ2n) is 6.15. The van der Waals surface area contributed by atoms with Crippen LogP contribution in [0.5, 0.6) is 5.75 Å². The van der Waals surface area contributed by atoms with Crippen LogP contribution in [0.15, 0.2) is 76.4 Å². The van der Waals surface area contributed by atoms with Gasteiger partial charge in [0.2, 0.25) is 0 Å². The standard InChI is InChI=1S/C21H17ClN2O3/c1-26-15-7-4-6-14(12-15)19-13-18(20-10-5-11-27-20)23-24(19)21(25)16-8-2-3-9-17(16)22/h2-12,19H,13H2,1H3. The number of rotatable bonds is 4. The van der Waals surface area contributed by atoms with Crippen molar-refractivity contribution in [1.82, 2.24) is 5.01 Å². The van der Waals surface area contributed by atoms with Crippen molar-refractivity contribution >= 4 is 23.2 Å². The lowest BCUT2D eigenvalue weighted by molar-refractivity contribution is 0.0711. The highest BCUT2D eigenvalue weighted by Crippen LogP contribution is 2.36. The molecule has 5 nitrogen and oxygen atoms in total. The Bertz CT molecular complexity index is 998. The summed E-state index contributed by atoms with van der Waals surface area (Å²) in [6.45, 7) is 0. The molecule has 27 heavy (non-hydrogen) atoms. The molecule has 0 aliphatic carbocycles. The Labute approximate surface area is 161 Å². The SMILES string of the molecule is COc1cccc(C2CC(c3ccco3)=NN2C(=O)c2ccccc2Cl)c1. The number of nitrogens with zero attached hydrogens (tertiary/aromatic N) is 2. The van der Waals surface area contributed by atoms with Crippen LogP contribution in [0.3, 0.4) is 0 Å². The maximum atomic E-state index is 13.2. The van der Waals surface area contributed by atoms with Gasteiger partial charge < -0.3 is 9.15 Å². The summed E-state index contributed by atoms with van der Waals surface area (Å²) in [5.74, 6) is 1.12. The quantitative estimate of drug-likeness (QED) is 0.644. The van der Waals surface area contributed by atoms with Crippen LogP contribution in [0.25, 0.3) is 0 Å². The van der Waals surface area contributed by atoms with Crippen LogP contribution in [0.1, 0.15) is 34.1 Å². The molecule has 2 aromatic carbocycles. The first-order chi connectivity index (χ1) is 13.2. The molecule has 0 saturated heterocycles. The van der Waals surface area contributed by atoms with Crippen LogP contribution in [-0.2, 0) is 0 Å². The van der Waals surface area contributed by atoms with Crippen molar-refractivity contribution < 1.29 is 13.9 Å². The summed E-state index contributed by atoms with van der Waals surface area (Å²) < 4.78 is 10.8. The van der Waals surface area contributed by atoms with Crippen LogP contribution < -0.4 is 4.74 Å². The molecule has 1 atom stereocenters. The number of hydrazone groups is 1. The maximum Gasteiger partial charge on any atom is 0.276 e. The number of halogens is 1. The average Bonchev–Trinajstić information content (AvgIpc) is 3.37. The highest BCUT2D eigenvalue weighted by Gasteiger charge is 2.35. The summed E-state index contributed by atoms with van der Waals surface area (Å²) in [5.41, 5.74) is 2.06. The minimum absolute atomic E-state index is 0.255. The van der Waals surface area contributed by atoms with Gasteiger partial charge in [0.05, 0.1) is 30.0 Å². The molecule has 4 rings (SSSR count). The number of carbonyl (C=O) groups excluding carboxylic acids is 1. The Morgan fingerprint density at radius 1 is 1.19 bits per heavy atom. The Morgan fingerprint density at radius 2 is 2.04 bits per heavy atom. The van der Waals surface area contributed by atoms with Crippen molar-refractivity contribution in [2.75, 3.05) is 7.11 Å². The van der Waals surface area contributed by atoms with Crippen LogP contribution in [0, 0.1) is 0 Å². The maximum absolute atomic E-state index is 13.2. The van der Waals surface area contributed by atoms with E-state index in [4.69, 9.17) is 20.8 Å². The van der Waals surface area contributed by atoms with Gasteiger partial charge in [-0.2, -0.15) is 5.10 Å². The van der Waals surface area contributed by atoms with E-state index in [1.165, 1.54) is 5.01 Å². The monoisotopic (exact) mass is 380 g/mol. The lowest BCUT2D eigenvalue weighted by Gasteiger charge is -2.22. The van der Waals surface area contributed by atoms with Crippen LogP contribution in [-0.4, -0.2) is 23.7 Å². The molecule has 0 N–H and O–H groups in total. The molecule has 0 bridgehead atoms. The van der Waals surface area contributed by atoms with Crippen molar-refractivity contribution in [1.29, 1.82) is 0 Å². The lowest BCUT2D eigenvalue weighted by Crippen LogP contribution is -2.27. The van der Waals surface area contributed by atoms with Gasteiger partial charge in [-0.3, -0.25) is 4.79 Å². The van der Waals surface area contributed by atoms with E-state index >= 15 is 0 Å². The molecule has 1 unspecified atom stereocenters. The molecule has 1 aliphatic heterocycles. The van der Waals surface area contributed by atoms with E-state index in [9.17, 15) is 4.79 Å². The van der Waals surface area contributed by atoms with Gasteiger partial charge in [-0.05, 0) is 42.0 Å². The predicted octanol–water partition coefficient (Wildman–Crippen LogP) is 4.93. The molecule has 6 heteroatoms. The number of ether oxygens (including phenoxy) is 1. The van der Waals surface area contributed by atoms with E-state index in [1.807, 2.05) is 30.3 Å². The highest BCUT2D eigenvalue weighted by atomic mass is 35.5. The normalized spacial score (nSPS) is 16.3. The molecule has 0 saturated carbocycles. The van der Waals surface area contributed by atoms with Crippen molar-refractivity contribution in [3.63, 3.8) is 0 Å². The molecule has 3 aromatic rings. The molecule has 0 radical (unpaired) electrons. The third-order valence-electron chi connectivity index (χ3n) is 4.51. The molecule has 0 spiro atoms. The highest BCUT2D eigenvalue weighted by molar-refractivity contribution is 6.33. The van der Waals surface area contributed by atoms with Crippen molar-refractivity contribution in [3.8, 4) is 5.75 Å². The van der Waals surface area contributed by atoms with Gasteiger partial charge in [-0.25, -0.2) is 5.01 Å². The van der Waals surface area contributed by atoms with Gasteiger partial charge >= 0.3 is 0 Å². The molecule has 2 heterocycles. The largest absolute Gasteiger partial charge is 0.497 e. The topological polar surface area (TPSA) is 55.0 Å². The Balaban J connectivity index is 1.75. The second kappa shape index (κ2) is 7.29. The Kier molecular flexibility index (Phi) is 4.69. The summed E-state index contributed by atoms with van der Waals surface area (Å²) in [6, 6.07) is 18.0. The second-order valence-corrected chi connectivity index (χ2v) is 6.56. The fraction of sp³-hybridized carbons (Fsp3) is 0.143. The van der Waals surface area contributed by atoms with Crippen LogP contribution >= 0.6 is 11.6 Å². The smallest absolute Gasteiger partial charge is 0.276 e. The minimum Gasteiger partial charge on any atom is -0.497 e. The summed E-state index contributed by atoms with van der Waals surface area (Å²) in [5, 5.41) is 6.45. The summed E-state index contributed by atoms with van der Waals surface area (Å²) in [4.78, 5) is 13.2. The van der Waals surface area contributed by atoms with Gasteiger partial charge in [0.1, 0.15) is 17.2 Å². The fourth-order valence-electron chi connectivity index (χ4n) is 3.16. The summed E-state index contributed by atoms with van der Waals surface area (Å²) in [6.07, 6.45) is 2.13. The van der Waals surface area contributed by atoms with Crippen molar-refractivity contribution in [2.45, 2.75) is 12.5 Å². The van der Waals surface area contributed by atoms with Gasteiger partial charge in [0.25, 0.3) is 5.91 Å². The van der Waals surface area contributed by atoms with E-state index in [0.29, 0.717) is 28.5 Å². The lowest BCUT2D eigenvalue weighted by atomic mass is 10.00. The number of amides is 1. The zero-order valence-electron chi connectivity index (χ0n) is 14.6. The molecule has 1 aromatic heterocycles. The average molecular weight is 381 g/mol. The molecule has 136 valence electrons. The zero-order chi connectivity index (χ0) is 18.8. The van der Waals surface area contributed by atoms with Crippen LogP contribution in [0.4, 0.5) is 0 Å². The molecule has 1 amide bonds. The summed E-state index contributed by atoms with van der Waals surface area (Å²) in [7, 11) is 1.62. The van der Waals surface area contributed by atoms with E-state index in [0.717, 1.165) is 11.3 Å². The molecule has 1 aliphatic rings. The number of furan rings is 1. The molecule has 0 fully saturated rings. The predicted molar refractivity (Wildman–Crippen MR) is 103 cm³/mol. The number of carbonyl (C=O) groups is 1. The van der Waals surface area contributed by atoms with E-state index in [-0.39, 0.29) is 11.9 Å². The van der Waals surface area contributed by atoms with Crippen LogP contribution in [0.2, 0.25) is 5.02 Å². The van der Waals surface area contributed by atoms with Gasteiger partial charge in [-0.1, -0.05) is 35.9 Å². The Hall–Kier alpha value is -3.05. The minimum atomic E-state index is -0.274. The van der Waals surface area contributed by atoms with E-state index in [2.05, 4.69) is 5.10 Å². The van der Waals surface area contributed by atoms with Gasteiger partial charge in [0, 0.05) is 6.42 Å². The first kappa shape index (κ1) is 17.4. The first-order valence-electron chi connectivity index (χ1n) is 8.51. The van der Waals surface area contributed by atoms with E-state index < -0.39 is 0 Å². The third kappa shape index (κ3) is 3.34. The Morgan fingerprint density at radius 3 is 2.78 bits per heavy atom. The zero-order valence-corrected chi connectivity index (χ0v) is 15.4. The first-order valence-corrected chi connectivity index (χ1v) is 8.88. The summed E-state index contributed by atoms with van der Waals surface area (Å²) >= 11 is 6.24. The number of hydrogen-bond acceptors (Lipinski definition) is 4.